The molecular weight excluding hydrogens is 265 g/mol. The Hall–Kier alpha value is -2.96. The summed E-state index contributed by atoms with van der Waals surface area (Å²) >= 11 is 0. The lowest BCUT2D eigenvalue weighted by atomic mass is 10.1. The first-order valence-corrected chi connectivity index (χ1v) is 5.66. The second-order valence-electron chi connectivity index (χ2n) is 4.25. The minimum Gasteiger partial charge on any atom is -0.384 e. The standard InChI is InChI=1S/C13H8FN3O3/c14-6-1-3-7(4-2-6)17-9(18)5-8-10(11(17)15)13(20)16-12(8)19/h1-5H,15H2,(H,16,19,20). The zero-order chi connectivity index (χ0) is 14.4. The van der Waals surface area contributed by atoms with Crippen molar-refractivity contribution in [1.29, 1.82) is 0 Å². The summed E-state index contributed by atoms with van der Waals surface area (Å²) in [6.07, 6.45) is 0. The summed E-state index contributed by atoms with van der Waals surface area (Å²) in [5.74, 6) is -1.92. The van der Waals surface area contributed by atoms with Gasteiger partial charge >= 0.3 is 0 Å². The van der Waals surface area contributed by atoms with E-state index in [2.05, 4.69) is 5.32 Å². The highest BCUT2D eigenvalue weighted by Gasteiger charge is 2.31. The molecule has 0 radical (unpaired) electrons. The number of amides is 2. The van der Waals surface area contributed by atoms with Gasteiger partial charge in [0, 0.05) is 6.07 Å². The fraction of sp³-hybridized carbons (Fsp3) is 0. The Bertz CT molecular complexity index is 809. The maximum absolute atomic E-state index is 12.9. The average Bonchev–Trinajstić information content (AvgIpc) is 2.67. The molecule has 0 saturated carbocycles. The van der Waals surface area contributed by atoms with Gasteiger partial charge in [-0.15, -0.1) is 0 Å². The van der Waals surface area contributed by atoms with E-state index in [1.165, 1.54) is 24.3 Å². The van der Waals surface area contributed by atoms with Crippen molar-refractivity contribution in [2.45, 2.75) is 0 Å². The van der Waals surface area contributed by atoms with Crippen molar-refractivity contribution in [3.63, 3.8) is 0 Å². The minimum absolute atomic E-state index is 0.0427. The number of pyridine rings is 1. The number of halogens is 1. The van der Waals surface area contributed by atoms with Crippen molar-refractivity contribution in [2.75, 3.05) is 5.73 Å². The Morgan fingerprint density at radius 2 is 1.70 bits per heavy atom. The minimum atomic E-state index is -0.654. The largest absolute Gasteiger partial charge is 0.384 e. The zero-order valence-corrected chi connectivity index (χ0v) is 10.0. The topological polar surface area (TPSA) is 94.2 Å². The number of carbonyl (C=O) groups excluding carboxylic acids is 2. The highest BCUT2D eigenvalue weighted by Crippen LogP contribution is 2.22. The number of nitrogens with one attached hydrogen (secondary N) is 1. The number of nitrogens with zero attached hydrogens (tertiary/aromatic N) is 1. The summed E-state index contributed by atoms with van der Waals surface area (Å²) < 4.78 is 14.0. The van der Waals surface area contributed by atoms with Crippen LogP contribution in [0.4, 0.5) is 10.2 Å². The van der Waals surface area contributed by atoms with Gasteiger partial charge < -0.3 is 5.73 Å². The number of nitrogens with two attached hydrogens (primary N) is 1. The van der Waals surface area contributed by atoms with E-state index in [1.54, 1.807) is 0 Å². The number of hydrogen-bond donors (Lipinski definition) is 2. The van der Waals surface area contributed by atoms with Crippen molar-refractivity contribution >= 4 is 17.6 Å². The molecule has 1 aliphatic rings. The average molecular weight is 273 g/mol. The molecule has 0 unspecified atom stereocenters. The zero-order valence-electron chi connectivity index (χ0n) is 10.0. The van der Waals surface area contributed by atoms with Gasteiger partial charge in [0.25, 0.3) is 17.4 Å². The Kier molecular flexibility index (Phi) is 2.43. The van der Waals surface area contributed by atoms with Crippen LogP contribution < -0.4 is 16.6 Å². The third-order valence-corrected chi connectivity index (χ3v) is 3.04. The van der Waals surface area contributed by atoms with Crippen LogP contribution in [0.3, 0.4) is 0 Å². The Balaban J connectivity index is 2.31. The molecule has 3 N–H and O–H groups in total. The van der Waals surface area contributed by atoms with Gasteiger partial charge in [-0.1, -0.05) is 0 Å². The van der Waals surface area contributed by atoms with E-state index in [4.69, 9.17) is 5.73 Å². The summed E-state index contributed by atoms with van der Waals surface area (Å²) in [5.41, 5.74) is 5.46. The number of hydrogen-bond acceptors (Lipinski definition) is 4. The van der Waals surface area contributed by atoms with Crippen LogP contribution in [-0.2, 0) is 0 Å². The lowest BCUT2D eigenvalue weighted by molar-refractivity contribution is 0.0880. The number of nitrogen functional groups attached to an aromatic ring is 1. The first-order valence-electron chi connectivity index (χ1n) is 5.66. The van der Waals surface area contributed by atoms with E-state index >= 15 is 0 Å². The maximum Gasteiger partial charge on any atom is 0.262 e. The van der Waals surface area contributed by atoms with Gasteiger partial charge in [0.2, 0.25) is 0 Å². The molecule has 2 amide bonds. The van der Waals surface area contributed by atoms with Crippen LogP contribution >= 0.6 is 0 Å². The molecule has 1 aromatic carbocycles. The summed E-state index contributed by atoms with van der Waals surface area (Å²) in [6.45, 7) is 0. The number of rotatable bonds is 1. The molecule has 3 rings (SSSR count). The predicted molar refractivity (Wildman–Crippen MR) is 68.2 cm³/mol. The fourth-order valence-electron chi connectivity index (χ4n) is 2.14. The lowest BCUT2D eigenvalue weighted by Gasteiger charge is -2.11. The smallest absolute Gasteiger partial charge is 0.262 e. The molecule has 2 heterocycles. The van der Waals surface area contributed by atoms with Crippen LogP contribution in [0.15, 0.2) is 35.1 Å². The highest BCUT2D eigenvalue weighted by atomic mass is 19.1. The van der Waals surface area contributed by atoms with Crippen LogP contribution in [0.1, 0.15) is 20.7 Å². The van der Waals surface area contributed by atoms with Crippen molar-refractivity contribution in [3.8, 4) is 5.69 Å². The van der Waals surface area contributed by atoms with Gasteiger partial charge in [-0.2, -0.15) is 0 Å². The first-order chi connectivity index (χ1) is 9.49. The van der Waals surface area contributed by atoms with E-state index in [9.17, 15) is 18.8 Å². The second-order valence-corrected chi connectivity index (χ2v) is 4.25. The van der Waals surface area contributed by atoms with Crippen LogP contribution in [0, 0.1) is 5.82 Å². The second kappa shape index (κ2) is 4.02. The number of imide groups is 1. The van der Waals surface area contributed by atoms with E-state index in [-0.39, 0.29) is 16.9 Å². The van der Waals surface area contributed by atoms with Crippen LogP contribution in [0.5, 0.6) is 0 Å². The number of aromatic nitrogens is 1. The van der Waals surface area contributed by atoms with E-state index in [0.717, 1.165) is 10.6 Å². The lowest BCUT2D eigenvalue weighted by Crippen LogP contribution is -2.24. The van der Waals surface area contributed by atoms with Crippen molar-refractivity contribution in [3.05, 3.63) is 57.6 Å². The number of anilines is 1. The maximum atomic E-state index is 12.9. The van der Waals surface area contributed by atoms with E-state index < -0.39 is 23.2 Å². The van der Waals surface area contributed by atoms with E-state index in [1.807, 2.05) is 0 Å². The molecule has 1 aromatic heterocycles. The molecule has 0 bridgehead atoms. The summed E-state index contributed by atoms with van der Waals surface area (Å²) in [5, 5.41) is 2.07. The summed E-state index contributed by atoms with van der Waals surface area (Å²) in [7, 11) is 0. The molecule has 0 saturated heterocycles. The van der Waals surface area contributed by atoms with Gasteiger partial charge in [0.05, 0.1) is 16.8 Å². The number of carbonyl (C=O) groups is 2. The van der Waals surface area contributed by atoms with Crippen LogP contribution in [-0.4, -0.2) is 16.4 Å². The molecule has 6 nitrogen and oxygen atoms in total. The third kappa shape index (κ3) is 1.60. The normalized spacial score (nSPS) is 13.2. The molecule has 0 fully saturated rings. The molecule has 0 atom stereocenters. The quantitative estimate of drug-likeness (QED) is 0.737. The van der Waals surface area contributed by atoms with Gasteiger partial charge in [-0.05, 0) is 24.3 Å². The third-order valence-electron chi connectivity index (χ3n) is 3.04. The first kappa shape index (κ1) is 12.1. The highest BCUT2D eigenvalue weighted by molar-refractivity contribution is 6.23. The molecule has 20 heavy (non-hydrogen) atoms. The van der Waals surface area contributed by atoms with Gasteiger partial charge in [0.15, 0.2) is 0 Å². The molecule has 1 aliphatic heterocycles. The van der Waals surface area contributed by atoms with Crippen molar-refractivity contribution < 1.29 is 14.0 Å². The molecule has 100 valence electrons. The Morgan fingerprint density at radius 1 is 1.05 bits per heavy atom. The van der Waals surface area contributed by atoms with Gasteiger partial charge in [-0.3, -0.25) is 24.3 Å². The molecule has 7 heteroatoms. The molecule has 2 aromatic rings. The van der Waals surface area contributed by atoms with Crippen molar-refractivity contribution in [2.24, 2.45) is 0 Å². The SMILES string of the molecule is Nc1c2c(cc(=O)n1-c1ccc(F)cc1)C(=O)NC2=O. The molecular formula is C13H8FN3O3. The number of fused-ring (bicyclic) bond motifs is 1. The van der Waals surface area contributed by atoms with Crippen LogP contribution in [0.25, 0.3) is 5.69 Å². The van der Waals surface area contributed by atoms with Gasteiger partial charge in [-0.25, -0.2) is 4.39 Å². The summed E-state index contributed by atoms with van der Waals surface area (Å²) in [6, 6.07) is 6.08. The van der Waals surface area contributed by atoms with Crippen LogP contribution in [0.2, 0.25) is 0 Å². The molecule has 0 aliphatic carbocycles. The monoisotopic (exact) mass is 273 g/mol. The van der Waals surface area contributed by atoms with E-state index in [0.29, 0.717) is 5.69 Å². The molecule has 0 spiro atoms. The Morgan fingerprint density at radius 3 is 2.35 bits per heavy atom. The summed E-state index contributed by atoms with van der Waals surface area (Å²) in [4.78, 5) is 35.2. The van der Waals surface area contributed by atoms with Crippen molar-refractivity contribution in [1.82, 2.24) is 9.88 Å². The predicted octanol–water partition coefficient (Wildman–Crippen LogP) is 0.442. The Labute approximate surface area is 111 Å². The fourth-order valence-corrected chi connectivity index (χ4v) is 2.14. The van der Waals surface area contributed by atoms with Gasteiger partial charge in [0.1, 0.15) is 11.6 Å². The number of benzene rings is 1.